The van der Waals surface area contributed by atoms with Crippen LogP contribution in [0.25, 0.3) is 0 Å². The van der Waals surface area contributed by atoms with E-state index in [1.807, 2.05) is 0 Å². The second-order valence-corrected chi connectivity index (χ2v) is 9.17. The number of methoxy groups -OCH3 is 1. The van der Waals surface area contributed by atoms with Crippen LogP contribution < -0.4 is 5.32 Å². The van der Waals surface area contributed by atoms with Gasteiger partial charge in [-0.3, -0.25) is 4.79 Å². The van der Waals surface area contributed by atoms with Gasteiger partial charge in [-0.2, -0.15) is 0 Å². The monoisotopic (exact) mass is 415 g/mol. The number of nitrogens with one attached hydrogen (secondary N) is 1. The highest BCUT2D eigenvalue weighted by molar-refractivity contribution is 6.18. The Kier molecular flexibility index (Phi) is 7.09. The fourth-order valence-electron chi connectivity index (χ4n) is 4.56. The zero-order valence-electron chi connectivity index (χ0n) is 17.3. The lowest BCUT2D eigenvalue weighted by Crippen LogP contribution is -2.58. The molecule has 3 aliphatic rings. The van der Waals surface area contributed by atoms with Crippen LogP contribution in [0.2, 0.25) is 0 Å². The van der Waals surface area contributed by atoms with Crippen LogP contribution in [-0.4, -0.2) is 66.7 Å². The summed E-state index contributed by atoms with van der Waals surface area (Å²) in [6, 6.07) is 0.421. The van der Waals surface area contributed by atoms with E-state index in [4.69, 9.17) is 25.8 Å². The summed E-state index contributed by atoms with van der Waals surface area (Å²) < 4.78 is 17.6. The van der Waals surface area contributed by atoms with Crippen molar-refractivity contribution in [2.75, 3.05) is 19.5 Å². The van der Waals surface area contributed by atoms with Gasteiger partial charge in [-0.05, 0) is 52.4 Å². The smallest absolute Gasteiger partial charge is 0.320 e. The molecule has 2 N–H and O–H groups in total. The first-order valence-electron chi connectivity index (χ1n) is 10.3. The fourth-order valence-corrected chi connectivity index (χ4v) is 4.88. The summed E-state index contributed by atoms with van der Waals surface area (Å²) in [5, 5.41) is 13.8. The van der Waals surface area contributed by atoms with E-state index < -0.39 is 23.9 Å². The molecule has 1 saturated heterocycles. The van der Waals surface area contributed by atoms with Gasteiger partial charge in [0.05, 0.1) is 24.4 Å². The van der Waals surface area contributed by atoms with E-state index in [0.29, 0.717) is 18.3 Å². The molecule has 0 spiro atoms. The van der Waals surface area contributed by atoms with Crippen molar-refractivity contribution < 1.29 is 24.1 Å². The maximum Gasteiger partial charge on any atom is 0.320 e. The number of aliphatic hydroxyl groups excluding tert-OH is 1. The minimum Gasteiger partial charge on any atom is -0.456 e. The van der Waals surface area contributed by atoms with E-state index in [2.05, 4.69) is 32.2 Å². The van der Waals surface area contributed by atoms with Crippen LogP contribution >= 0.6 is 11.6 Å². The second kappa shape index (κ2) is 9.00. The molecule has 2 aliphatic carbocycles. The number of carbonyl (C=O) groups is 1. The Balaban J connectivity index is 1.71. The largest absolute Gasteiger partial charge is 0.456 e. The predicted molar refractivity (Wildman–Crippen MR) is 107 cm³/mol. The van der Waals surface area contributed by atoms with E-state index in [1.54, 1.807) is 7.11 Å². The molecule has 6 nitrogen and oxygen atoms in total. The van der Waals surface area contributed by atoms with Crippen molar-refractivity contribution in [1.29, 1.82) is 0 Å². The fraction of sp³-hybridized carbons (Fsp3) is 0.857. The minimum atomic E-state index is -0.798. The number of halogens is 1. The summed E-state index contributed by atoms with van der Waals surface area (Å²) in [5.74, 6) is 0.0230. The Morgan fingerprint density at radius 1 is 1.36 bits per heavy atom. The second-order valence-electron chi connectivity index (χ2n) is 8.86. The average molecular weight is 416 g/mol. The zero-order valence-corrected chi connectivity index (χ0v) is 18.1. The Morgan fingerprint density at radius 3 is 2.64 bits per heavy atom. The van der Waals surface area contributed by atoms with Crippen molar-refractivity contribution in [3.05, 3.63) is 11.6 Å². The lowest BCUT2D eigenvalue weighted by atomic mass is 9.68. The number of allylic oxidation sites excluding steroid dienone is 1. The number of esters is 1. The van der Waals surface area contributed by atoms with Crippen LogP contribution in [-0.2, 0) is 19.0 Å². The molecule has 0 amide bonds. The molecule has 7 heteroatoms. The van der Waals surface area contributed by atoms with Crippen molar-refractivity contribution >= 4 is 17.6 Å². The molecular weight excluding hydrogens is 382 g/mol. The third-order valence-corrected chi connectivity index (χ3v) is 6.74. The Hall–Kier alpha value is -0.660. The molecule has 1 heterocycles. The summed E-state index contributed by atoms with van der Waals surface area (Å²) in [5.41, 5.74) is 0.854. The van der Waals surface area contributed by atoms with Crippen LogP contribution in [0.5, 0.6) is 0 Å². The van der Waals surface area contributed by atoms with E-state index in [0.717, 1.165) is 19.3 Å². The summed E-state index contributed by atoms with van der Waals surface area (Å²) in [4.78, 5) is 12.3. The first-order valence-corrected chi connectivity index (χ1v) is 10.8. The van der Waals surface area contributed by atoms with Gasteiger partial charge in [0.15, 0.2) is 6.10 Å². The van der Waals surface area contributed by atoms with Gasteiger partial charge in [0, 0.05) is 24.9 Å². The van der Waals surface area contributed by atoms with E-state index in [9.17, 15) is 9.90 Å². The number of ether oxygens (including phenoxy) is 3. The maximum absolute atomic E-state index is 12.3. The SMILES string of the molecule is COC1C(OC(=O)CNC2CC2)C(O)CC(CCl)C1C1(C)OC1CC=C(C)C. The van der Waals surface area contributed by atoms with E-state index in [1.165, 1.54) is 5.57 Å². The molecule has 0 aromatic rings. The highest BCUT2D eigenvalue weighted by Crippen LogP contribution is 2.53. The summed E-state index contributed by atoms with van der Waals surface area (Å²) in [6.45, 7) is 6.38. The molecular formula is C21H34ClNO5. The van der Waals surface area contributed by atoms with Crippen LogP contribution in [0.3, 0.4) is 0 Å². The van der Waals surface area contributed by atoms with Crippen LogP contribution in [0.1, 0.15) is 46.5 Å². The Labute approximate surface area is 172 Å². The number of aliphatic hydroxyl groups is 1. The number of carbonyl (C=O) groups excluding carboxylic acids is 1. The lowest BCUT2D eigenvalue weighted by Gasteiger charge is -2.45. The molecule has 1 aliphatic heterocycles. The van der Waals surface area contributed by atoms with Crippen molar-refractivity contribution in [3.63, 3.8) is 0 Å². The van der Waals surface area contributed by atoms with Crippen molar-refractivity contribution in [2.45, 2.75) is 82.5 Å². The normalized spacial score (nSPS) is 40.1. The first-order chi connectivity index (χ1) is 13.3. The van der Waals surface area contributed by atoms with Gasteiger partial charge in [0.25, 0.3) is 0 Å². The minimum absolute atomic E-state index is 0.0304. The van der Waals surface area contributed by atoms with Gasteiger partial charge in [-0.25, -0.2) is 0 Å². The van der Waals surface area contributed by atoms with E-state index >= 15 is 0 Å². The van der Waals surface area contributed by atoms with Gasteiger partial charge < -0.3 is 24.6 Å². The quantitative estimate of drug-likeness (QED) is 0.260. The van der Waals surface area contributed by atoms with Gasteiger partial charge >= 0.3 is 5.97 Å². The summed E-state index contributed by atoms with van der Waals surface area (Å²) in [6.07, 6.45) is 3.78. The predicted octanol–water partition coefficient (Wildman–Crippen LogP) is 2.41. The van der Waals surface area contributed by atoms with Gasteiger partial charge in [-0.1, -0.05) is 11.6 Å². The topological polar surface area (TPSA) is 80.3 Å². The number of rotatable bonds is 9. The molecule has 7 atom stereocenters. The van der Waals surface area contributed by atoms with Crippen molar-refractivity contribution in [1.82, 2.24) is 5.32 Å². The number of epoxide rings is 1. The molecule has 0 radical (unpaired) electrons. The molecule has 160 valence electrons. The summed E-state index contributed by atoms with van der Waals surface area (Å²) >= 11 is 6.26. The lowest BCUT2D eigenvalue weighted by molar-refractivity contribution is -0.189. The molecule has 2 saturated carbocycles. The maximum atomic E-state index is 12.3. The number of hydrogen-bond acceptors (Lipinski definition) is 6. The number of alkyl halides is 1. The Morgan fingerprint density at radius 2 is 2.07 bits per heavy atom. The third kappa shape index (κ3) is 4.90. The van der Waals surface area contributed by atoms with Crippen LogP contribution in [0.4, 0.5) is 0 Å². The van der Waals surface area contributed by atoms with Gasteiger partial charge in [-0.15, -0.1) is 11.6 Å². The molecule has 3 rings (SSSR count). The average Bonchev–Trinajstić information content (AvgIpc) is 3.56. The highest BCUT2D eigenvalue weighted by Gasteiger charge is 2.64. The molecule has 0 bridgehead atoms. The zero-order chi connectivity index (χ0) is 20.5. The Bertz CT molecular complexity index is 591. The first kappa shape index (κ1) is 22.0. The van der Waals surface area contributed by atoms with Crippen molar-refractivity contribution in [2.24, 2.45) is 11.8 Å². The standard InChI is InChI=1S/C21H34ClNO5/c1-12(2)5-8-16-21(3,28-16)18-13(10-22)9-15(24)19(20(18)26-4)27-17(25)11-23-14-6-7-14/h5,13-16,18-20,23-24H,6-11H2,1-4H3. The van der Waals surface area contributed by atoms with Crippen molar-refractivity contribution in [3.8, 4) is 0 Å². The molecule has 7 unspecified atom stereocenters. The van der Waals surface area contributed by atoms with Gasteiger partial charge in [0.1, 0.15) is 6.10 Å². The molecule has 3 fully saturated rings. The number of hydrogen-bond donors (Lipinski definition) is 2. The van der Waals surface area contributed by atoms with Gasteiger partial charge in [0.2, 0.25) is 0 Å². The summed E-state index contributed by atoms with van der Waals surface area (Å²) in [7, 11) is 1.60. The third-order valence-electron chi connectivity index (χ3n) is 6.34. The van der Waals surface area contributed by atoms with E-state index in [-0.39, 0.29) is 30.5 Å². The molecule has 28 heavy (non-hydrogen) atoms. The molecule has 0 aromatic carbocycles. The molecule has 0 aromatic heterocycles. The van der Waals surface area contributed by atoms with Crippen LogP contribution in [0.15, 0.2) is 11.6 Å². The highest BCUT2D eigenvalue weighted by atomic mass is 35.5. The van der Waals surface area contributed by atoms with Crippen LogP contribution in [0, 0.1) is 11.8 Å².